The highest BCUT2D eigenvalue weighted by Crippen LogP contribution is 2.28. The number of benzene rings is 2. The summed E-state index contributed by atoms with van der Waals surface area (Å²) in [7, 11) is 3.29. The van der Waals surface area contributed by atoms with Crippen LogP contribution in [0.1, 0.15) is 19.4 Å². The number of rotatable bonds is 8. The Hall–Kier alpha value is -2.50. The molecule has 0 aliphatic carbocycles. The van der Waals surface area contributed by atoms with Crippen LogP contribution in [0.2, 0.25) is 5.02 Å². The number of hydrogen-bond donors (Lipinski definition) is 2. The van der Waals surface area contributed by atoms with Crippen LogP contribution in [0.5, 0.6) is 11.5 Å². The summed E-state index contributed by atoms with van der Waals surface area (Å²) in [6.07, 6.45) is 1.80. The number of anilines is 1. The van der Waals surface area contributed by atoms with Gasteiger partial charge < -0.3 is 20.1 Å². The maximum absolute atomic E-state index is 6.07. The topological polar surface area (TPSA) is 55.4 Å². The molecule has 148 valence electrons. The van der Waals surface area contributed by atoms with Gasteiger partial charge in [-0.3, -0.25) is 4.98 Å². The Morgan fingerprint density at radius 1 is 1.00 bits per heavy atom. The molecule has 0 bridgehead atoms. The number of pyridine rings is 1. The first kappa shape index (κ1) is 20.2. The minimum absolute atomic E-state index is 0.130. The maximum atomic E-state index is 6.07. The van der Waals surface area contributed by atoms with Crippen LogP contribution in [0.4, 0.5) is 5.69 Å². The van der Waals surface area contributed by atoms with Crippen molar-refractivity contribution in [2.24, 2.45) is 0 Å². The van der Waals surface area contributed by atoms with Gasteiger partial charge in [-0.2, -0.15) is 0 Å². The van der Waals surface area contributed by atoms with Gasteiger partial charge in [-0.1, -0.05) is 17.7 Å². The fraction of sp³-hybridized carbons (Fsp3) is 0.318. The Morgan fingerprint density at radius 2 is 1.79 bits per heavy atom. The highest BCUT2D eigenvalue weighted by molar-refractivity contribution is 6.31. The van der Waals surface area contributed by atoms with Crippen LogP contribution in [-0.2, 0) is 6.54 Å². The lowest BCUT2D eigenvalue weighted by Crippen LogP contribution is -2.44. The molecule has 1 heterocycles. The van der Waals surface area contributed by atoms with E-state index in [1.165, 1.54) is 0 Å². The fourth-order valence-electron chi connectivity index (χ4n) is 2.99. The molecule has 0 fully saturated rings. The molecule has 0 saturated heterocycles. The molecule has 0 unspecified atom stereocenters. The zero-order chi connectivity index (χ0) is 20.1. The first-order valence-corrected chi connectivity index (χ1v) is 9.54. The largest absolute Gasteiger partial charge is 0.493 e. The third-order valence-electron chi connectivity index (χ3n) is 4.64. The van der Waals surface area contributed by atoms with Crippen LogP contribution >= 0.6 is 11.6 Å². The highest BCUT2D eigenvalue weighted by atomic mass is 35.5. The molecular formula is C22H26ClN3O2. The monoisotopic (exact) mass is 399 g/mol. The maximum Gasteiger partial charge on any atom is 0.161 e. The Bertz CT molecular complexity index is 960. The van der Waals surface area contributed by atoms with Crippen molar-refractivity contribution in [2.45, 2.75) is 25.9 Å². The van der Waals surface area contributed by atoms with E-state index in [9.17, 15) is 0 Å². The van der Waals surface area contributed by atoms with E-state index in [-0.39, 0.29) is 5.54 Å². The number of hydrogen-bond acceptors (Lipinski definition) is 5. The van der Waals surface area contributed by atoms with Crippen molar-refractivity contribution in [1.82, 2.24) is 10.3 Å². The third-order valence-corrected chi connectivity index (χ3v) is 4.88. The Balaban J connectivity index is 1.65. The predicted octanol–water partition coefficient (Wildman–Crippen LogP) is 4.89. The quantitative estimate of drug-likeness (QED) is 0.565. The predicted molar refractivity (Wildman–Crippen MR) is 116 cm³/mol. The fourth-order valence-corrected chi connectivity index (χ4v) is 3.15. The minimum Gasteiger partial charge on any atom is -0.493 e. The molecule has 0 atom stereocenters. The van der Waals surface area contributed by atoms with Crippen molar-refractivity contribution in [1.29, 1.82) is 0 Å². The van der Waals surface area contributed by atoms with E-state index in [0.29, 0.717) is 5.02 Å². The van der Waals surface area contributed by atoms with Crippen molar-refractivity contribution in [3.63, 3.8) is 0 Å². The van der Waals surface area contributed by atoms with Gasteiger partial charge in [0.05, 0.1) is 19.7 Å². The van der Waals surface area contributed by atoms with Crippen LogP contribution in [0, 0.1) is 0 Å². The molecule has 0 amide bonds. The van der Waals surface area contributed by atoms with Crippen molar-refractivity contribution >= 4 is 28.2 Å². The molecule has 0 radical (unpaired) electrons. The molecule has 3 aromatic rings. The molecule has 3 rings (SSSR count). The van der Waals surface area contributed by atoms with Crippen molar-refractivity contribution in [3.05, 3.63) is 59.2 Å². The summed E-state index contributed by atoms with van der Waals surface area (Å²) in [5, 5.41) is 8.88. The van der Waals surface area contributed by atoms with Gasteiger partial charge in [0.15, 0.2) is 11.5 Å². The van der Waals surface area contributed by atoms with E-state index in [2.05, 4.69) is 29.5 Å². The smallest absolute Gasteiger partial charge is 0.161 e. The summed E-state index contributed by atoms with van der Waals surface area (Å²) in [5.74, 6) is 1.47. The molecule has 2 N–H and O–H groups in total. The molecule has 0 aliphatic heterocycles. The standard InChI is InChI=1S/C22H26ClN3O2/c1-22(2,26-13-15-5-8-20(27-3)21(11-15)28-4)14-25-18-9-10-24-19-12-16(23)6-7-17(18)19/h5-12,26H,13-14H2,1-4H3,(H,24,25). The summed E-state index contributed by atoms with van der Waals surface area (Å²) < 4.78 is 10.7. The molecule has 0 spiro atoms. The van der Waals surface area contributed by atoms with Crippen LogP contribution < -0.4 is 20.1 Å². The lowest BCUT2D eigenvalue weighted by Gasteiger charge is -2.28. The zero-order valence-electron chi connectivity index (χ0n) is 16.7. The second kappa shape index (κ2) is 8.67. The summed E-state index contributed by atoms with van der Waals surface area (Å²) in [6.45, 7) is 5.81. The second-order valence-electron chi connectivity index (χ2n) is 7.30. The minimum atomic E-state index is -0.130. The number of ether oxygens (including phenoxy) is 2. The molecule has 28 heavy (non-hydrogen) atoms. The zero-order valence-corrected chi connectivity index (χ0v) is 17.4. The van der Waals surface area contributed by atoms with Crippen LogP contribution in [-0.4, -0.2) is 31.3 Å². The van der Waals surface area contributed by atoms with E-state index in [1.807, 2.05) is 42.5 Å². The van der Waals surface area contributed by atoms with E-state index in [4.69, 9.17) is 21.1 Å². The van der Waals surface area contributed by atoms with Crippen molar-refractivity contribution < 1.29 is 9.47 Å². The third kappa shape index (κ3) is 4.86. The van der Waals surface area contributed by atoms with Crippen molar-refractivity contribution in [2.75, 3.05) is 26.1 Å². The molecular weight excluding hydrogens is 374 g/mol. The first-order valence-electron chi connectivity index (χ1n) is 9.16. The number of nitrogens with one attached hydrogen (secondary N) is 2. The molecule has 6 heteroatoms. The molecule has 0 aliphatic rings. The van der Waals surface area contributed by atoms with Gasteiger partial charge in [-0.15, -0.1) is 0 Å². The lowest BCUT2D eigenvalue weighted by atomic mass is 10.0. The lowest BCUT2D eigenvalue weighted by molar-refractivity contribution is 0.353. The van der Waals surface area contributed by atoms with E-state index in [0.717, 1.165) is 46.7 Å². The number of aromatic nitrogens is 1. The number of halogens is 1. The number of fused-ring (bicyclic) bond motifs is 1. The first-order chi connectivity index (χ1) is 13.4. The Labute approximate surface area is 171 Å². The van der Waals surface area contributed by atoms with E-state index in [1.54, 1.807) is 20.4 Å². The van der Waals surface area contributed by atoms with E-state index < -0.39 is 0 Å². The van der Waals surface area contributed by atoms with E-state index >= 15 is 0 Å². The highest BCUT2D eigenvalue weighted by Gasteiger charge is 2.18. The normalized spacial score (nSPS) is 11.5. The van der Waals surface area contributed by atoms with Gasteiger partial charge in [0.2, 0.25) is 0 Å². The van der Waals surface area contributed by atoms with Gasteiger partial charge in [0, 0.05) is 40.9 Å². The van der Waals surface area contributed by atoms with Gasteiger partial charge in [0.25, 0.3) is 0 Å². The average Bonchev–Trinajstić information content (AvgIpc) is 2.70. The molecule has 0 saturated carbocycles. The van der Waals surface area contributed by atoms with Crippen molar-refractivity contribution in [3.8, 4) is 11.5 Å². The Morgan fingerprint density at radius 3 is 2.54 bits per heavy atom. The van der Waals surface area contributed by atoms with Gasteiger partial charge >= 0.3 is 0 Å². The summed E-state index contributed by atoms with van der Waals surface area (Å²) in [4.78, 5) is 4.39. The summed E-state index contributed by atoms with van der Waals surface area (Å²) >= 11 is 6.07. The number of nitrogens with zero attached hydrogens (tertiary/aromatic N) is 1. The molecule has 2 aromatic carbocycles. The summed E-state index contributed by atoms with van der Waals surface area (Å²) in [6, 6.07) is 13.7. The molecule has 1 aromatic heterocycles. The second-order valence-corrected chi connectivity index (χ2v) is 7.74. The van der Waals surface area contributed by atoms with Crippen LogP contribution in [0.3, 0.4) is 0 Å². The van der Waals surface area contributed by atoms with Gasteiger partial charge in [-0.05, 0) is 55.8 Å². The SMILES string of the molecule is COc1ccc(CNC(C)(C)CNc2ccnc3cc(Cl)ccc23)cc1OC. The Kier molecular flexibility index (Phi) is 6.27. The molecule has 5 nitrogen and oxygen atoms in total. The van der Waals surface area contributed by atoms with Gasteiger partial charge in [0.1, 0.15) is 0 Å². The number of methoxy groups -OCH3 is 2. The van der Waals surface area contributed by atoms with Crippen LogP contribution in [0.25, 0.3) is 10.9 Å². The summed E-state index contributed by atoms with van der Waals surface area (Å²) in [5.41, 5.74) is 2.93. The van der Waals surface area contributed by atoms with Gasteiger partial charge in [-0.25, -0.2) is 0 Å². The average molecular weight is 400 g/mol. The van der Waals surface area contributed by atoms with Crippen LogP contribution in [0.15, 0.2) is 48.7 Å².